The van der Waals surface area contributed by atoms with Gasteiger partial charge in [0.15, 0.2) is 0 Å². The van der Waals surface area contributed by atoms with Crippen molar-refractivity contribution in [2.45, 2.75) is 45.7 Å². The van der Waals surface area contributed by atoms with Gasteiger partial charge in [0.25, 0.3) is 11.6 Å². The minimum absolute atomic E-state index is 0.0705. The van der Waals surface area contributed by atoms with Gasteiger partial charge in [0.05, 0.1) is 11.0 Å². The number of hydrogen-bond donors (Lipinski definition) is 1. The number of nitro benzene ring substituents is 1. The Bertz CT molecular complexity index is 2410. The molecule has 6 aromatic rings. The molecule has 11 heteroatoms. The van der Waals surface area contributed by atoms with Gasteiger partial charge >= 0.3 is 6.09 Å². The molecule has 1 aromatic heterocycles. The summed E-state index contributed by atoms with van der Waals surface area (Å²) in [5, 5.41) is 22.0. The summed E-state index contributed by atoms with van der Waals surface area (Å²) in [5.41, 5.74) is 5.76. The second kappa shape index (κ2) is 16.5. The zero-order chi connectivity index (χ0) is 41.1. The number of fused-ring (bicyclic) bond motifs is 3. The van der Waals surface area contributed by atoms with E-state index >= 15 is 4.39 Å². The monoisotopic (exact) mass is 782 g/mol. The van der Waals surface area contributed by atoms with Gasteiger partial charge in [-0.05, 0) is 76.1 Å². The molecule has 0 saturated heterocycles. The van der Waals surface area contributed by atoms with E-state index in [-0.39, 0.29) is 48.8 Å². The minimum atomic E-state index is -1.08. The standard InChI is InChI=1S/C47H44F2N4O5/c1-47(2,3)44(43-26-33(40-27-34(48)20-23-42(40)49)29-51(43)28-31-12-5-4-6-13-31)52(45(54)32-18-21-35(22-19-32)53(57)58)25-11-24-50(46(55)56)30-41-38-16-9-7-14-36(38)37-15-8-10-17-39(37)41/h4-10,12-23,26-27,29,41,44H,11,24-25,28,30H2,1-3H3,(H,55,56)/t44-/m0/s1. The van der Waals surface area contributed by atoms with E-state index in [2.05, 4.69) is 12.1 Å². The van der Waals surface area contributed by atoms with Crippen LogP contribution < -0.4 is 0 Å². The van der Waals surface area contributed by atoms with Crippen molar-refractivity contribution in [3.63, 3.8) is 0 Å². The van der Waals surface area contributed by atoms with Gasteiger partial charge in [0, 0.05) is 72.8 Å². The highest BCUT2D eigenvalue weighted by Crippen LogP contribution is 2.45. The number of carboxylic acid groups (broad SMARTS) is 1. The number of benzene rings is 5. The molecule has 0 bridgehead atoms. The molecule has 5 aromatic carbocycles. The SMILES string of the molecule is CC(C)(C)[C@H](c1cc(-c2cc(F)ccc2F)cn1Cc1ccccc1)N(CCCN(CC1c2ccccc2-c2ccccc21)C(=O)O)C(=O)c1ccc([N+](=O)[O-])cc1. The maximum Gasteiger partial charge on any atom is 0.407 e. The third kappa shape index (κ3) is 8.25. The number of nitro groups is 1. The van der Waals surface area contributed by atoms with Gasteiger partial charge in [-0.25, -0.2) is 13.6 Å². The summed E-state index contributed by atoms with van der Waals surface area (Å²) in [6, 6.07) is 35.5. The number of halogens is 2. The molecule has 0 saturated carbocycles. The predicted octanol–water partition coefficient (Wildman–Crippen LogP) is 10.8. The van der Waals surface area contributed by atoms with Crippen molar-refractivity contribution >= 4 is 17.7 Å². The molecule has 9 nitrogen and oxygen atoms in total. The van der Waals surface area contributed by atoms with Crippen LogP contribution in [0.3, 0.4) is 0 Å². The first kappa shape index (κ1) is 39.6. The van der Waals surface area contributed by atoms with Crippen molar-refractivity contribution in [3.8, 4) is 22.3 Å². The molecular formula is C47H44F2N4O5. The molecule has 0 aliphatic heterocycles. The van der Waals surface area contributed by atoms with E-state index in [9.17, 15) is 29.2 Å². The van der Waals surface area contributed by atoms with Crippen molar-refractivity contribution in [2.75, 3.05) is 19.6 Å². The van der Waals surface area contributed by atoms with E-state index in [1.165, 1.54) is 29.2 Å². The molecule has 0 unspecified atom stereocenters. The number of carbonyl (C=O) groups excluding carboxylic acids is 1. The number of rotatable bonds is 13. The fraction of sp³-hybridized carbons (Fsp3) is 0.234. The number of non-ortho nitro benzene ring substituents is 1. The first-order valence-corrected chi connectivity index (χ1v) is 19.2. The van der Waals surface area contributed by atoms with Gasteiger partial charge in [0.1, 0.15) is 11.6 Å². The number of nitrogens with zero attached hydrogens (tertiary/aromatic N) is 4. The molecular weight excluding hydrogens is 739 g/mol. The van der Waals surface area contributed by atoms with Gasteiger partial charge in [-0.2, -0.15) is 0 Å². The summed E-state index contributed by atoms with van der Waals surface area (Å²) >= 11 is 0. The zero-order valence-electron chi connectivity index (χ0n) is 32.5. The van der Waals surface area contributed by atoms with Crippen LogP contribution in [0.15, 0.2) is 134 Å². The number of aromatic nitrogens is 1. The summed E-state index contributed by atoms with van der Waals surface area (Å²) < 4.78 is 31.8. The lowest BCUT2D eigenvalue weighted by Gasteiger charge is -2.41. The third-order valence-corrected chi connectivity index (χ3v) is 10.8. The van der Waals surface area contributed by atoms with Crippen molar-refractivity contribution in [1.82, 2.24) is 14.4 Å². The lowest BCUT2D eigenvalue weighted by molar-refractivity contribution is -0.384. The first-order valence-electron chi connectivity index (χ1n) is 19.2. The van der Waals surface area contributed by atoms with Crippen molar-refractivity contribution < 1.29 is 28.4 Å². The summed E-state index contributed by atoms with van der Waals surface area (Å²) in [6.07, 6.45) is 0.941. The van der Waals surface area contributed by atoms with Crippen LogP contribution in [0, 0.1) is 27.2 Å². The Balaban J connectivity index is 1.27. The largest absolute Gasteiger partial charge is 0.465 e. The quantitative estimate of drug-likeness (QED) is 0.0927. The average molecular weight is 783 g/mol. The first-order chi connectivity index (χ1) is 27.8. The summed E-state index contributed by atoms with van der Waals surface area (Å²) in [7, 11) is 0. The third-order valence-electron chi connectivity index (χ3n) is 10.8. The van der Waals surface area contributed by atoms with Crippen LogP contribution in [0.5, 0.6) is 0 Å². The molecule has 0 radical (unpaired) electrons. The molecule has 1 aliphatic rings. The normalized spacial score (nSPS) is 12.8. The zero-order valence-corrected chi connectivity index (χ0v) is 32.5. The van der Waals surface area contributed by atoms with Crippen molar-refractivity contribution in [1.29, 1.82) is 0 Å². The molecule has 2 amide bonds. The Morgan fingerprint density at radius 3 is 2.03 bits per heavy atom. The minimum Gasteiger partial charge on any atom is -0.465 e. The topological polar surface area (TPSA) is 109 Å². The molecule has 1 atom stereocenters. The lowest BCUT2D eigenvalue weighted by Crippen LogP contribution is -2.44. The molecule has 1 heterocycles. The molecule has 1 N–H and O–H groups in total. The van der Waals surface area contributed by atoms with Gasteiger partial charge < -0.3 is 19.5 Å². The molecule has 0 fully saturated rings. The van der Waals surface area contributed by atoms with Crippen molar-refractivity contribution in [3.05, 3.63) is 183 Å². The maximum absolute atomic E-state index is 15.3. The van der Waals surface area contributed by atoms with E-state index in [4.69, 9.17) is 0 Å². The van der Waals surface area contributed by atoms with Gasteiger partial charge in [-0.3, -0.25) is 14.9 Å². The molecule has 0 spiro atoms. The van der Waals surface area contributed by atoms with Crippen LogP contribution in [0.1, 0.15) is 71.9 Å². The smallest absolute Gasteiger partial charge is 0.407 e. The highest BCUT2D eigenvalue weighted by molar-refractivity contribution is 5.95. The lowest BCUT2D eigenvalue weighted by atomic mass is 9.82. The van der Waals surface area contributed by atoms with Gasteiger partial charge in [0.2, 0.25) is 0 Å². The molecule has 7 rings (SSSR count). The van der Waals surface area contributed by atoms with Crippen LogP contribution in [-0.4, -0.2) is 56.0 Å². The predicted molar refractivity (Wildman–Crippen MR) is 220 cm³/mol. The van der Waals surface area contributed by atoms with Crippen LogP contribution in [0.25, 0.3) is 22.3 Å². The second-order valence-electron chi connectivity index (χ2n) is 15.8. The molecule has 58 heavy (non-hydrogen) atoms. The van der Waals surface area contributed by atoms with Gasteiger partial charge in [-0.15, -0.1) is 0 Å². The Kier molecular flexibility index (Phi) is 11.2. The van der Waals surface area contributed by atoms with E-state index in [1.54, 1.807) is 17.2 Å². The fourth-order valence-corrected chi connectivity index (χ4v) is 8.23. The van der Waals surface area contributed by atoms with Crippen LogP contribution in [-0.2, 0) is 6.54 Å². The summed E-state index contributed by atoms with van der Waals surface area (Å²) in [6.45, 7) is 6.74. The Labute approximate surface area is 335 Å². The Hall–Kier alpha value is -6.62. The fourth-order valence-electron chi connectivity index (χ4n) is 8.23. The summed E-state index contributed by atoms with van der Waals surface area (Å²) in [5.74, 6) is -1.78. The van der Waals surface area contributed by atoms with Gasteiger partial charge in [-0.1, -0.05) is 99.6 Å². The molecule has 296 valence electrons. The Morgan fingerprint density at radius 2 is 1.43 bits per heavy atom. The van der Waals surface area contributed by atoms with E-state index < -0.39 is 40.0 Å². The number of carbonyl (C=O) groups is 2. The number of amides is 2. The number of hydrogen-bond acceptors (Lipinski definition) is 4. The maximum atomic E-state index is 15.3. The Morgan fingerprint density at radius 1 is 0.810 bits per heavy atom. The van der Waals surface area contributed by atoms with Crippen molar-refractivity contribution in [2.24, 2.45) is 5.41 Å². The summed E-state index contributed by atoms with van der Waals surface area (Å²) in [4.78, 5) is 41.7. The van der Waals surface area contributed by atoms with E-state index in [1.807, 2.05) is 92.1 Å². The van der Waals surface area contributed by atoms with E-state index in [0.29, 0.717) is 17.8 Å². The van der Waals surface area contributed by atoms with E-state index in [0.717, 1.165) is 46.0 Å². The van der Waals surface area contributed by atoms with Crippen LogP contribution >= 0.6 is 0 Å². The molecule has 1 aliphatic carbocycles. The average Bonchev–Trinajstić information content (AvgIpc) is 3.75. The highest BCUT2D eigenvalue weighted by Gasteiger charge is 2.38. The second-order valence-corrected chi connectivity index (χ2v) is 15.8. The highest BCUT2D eigenvalue weighted by atomic mass is 19.1. The van der Waals surface area contributed by atoms with Crippen LogP contribution in [0.2, 0.25) is 0 Å². The van der Waals surface area contributed by atoms with Crippen LogP contribution in [0.4, 0.5) is 19.3 Å².